The van der Waals surface area contributed by atoms with Gasteiger partial charge in [-0.2, -0.15) is 4.98 Å². The normalized spacial score (nSPS) is 24.2. The molecule has 0 spiro atoms. The molecule has 5 atom stereocenters. The number of hydrogen-bond donors (Lipinski definition) is 3. The zero-order valence-electron chi connectivity index (χ0n) is 19.1. The highest BCUT2D eigenvalue weighted by molar-refractivity contribution is 7.82. The molecule has 14 heteroatoms. The first-order valence-electron chi connectivity index (χ1n) is 11.2. The van der Waals surface area contributed by atoms with Crippen molar-refractivity contribution in [1.82, 2.24) is 19.7 Å². The molecule has 1 aromatic carbocycles. The summed E-state index contributed by atoms with van der Waals surface area (Å²) in [5.41, 5.74) is 0.728. The number of halogens is 3. The Balaban J connectivity index is 1.21. The van der Waals surface area contributed by atoms with Gasteiger partial charge in [-0.25, -0.2) is 22.7 Å². The van der Waals surface area contributed by atoms with Crippen LogP contribution in [0.1, 0.15) is 5.56 Å². The van der Waals surface area contributed by atoms with Gasteiger partial charge in [0.15, 0.2) is 11.8 Å². The topological polar surface area (TPSA) is 120 Å². The van der Waals surface area contributed by atoms with Crippen molar-refractivity contribution in [3.8, 4) is 6.01 Å². The summed E-state index contributed by atoms with van der Waals surface area (Å²) < 4.78 is 65.2. The molecule has 3 aromatic rings. The van der Waals surface area contributed by atoms with E-state index in [0.29, 0.717) is 37.5 Å². The minimum atomic E-state index is -1.09. The largest absolute Gasteiger partial charge is 0.456 e. The molecule has 1 unspecified atom stereocenters. The van der Waals surface area contributed by atoms with Gasteiger partial charge < -0.3 is 29.2 Å². The number of aromatic amines is 1. The zero-order chi connectivity index (χ0) is 25.2. The summed E-state index contributed by atoms with van der Waals surface area (Å²) in [6.45, 7) is 1.34. The van der Waals surface area contributed by atoms with Gasteiger partial charge in [-0.3, -0.25) is 0 Å². The Labute approximate surface area is 212 Å². The third kappa shape index (κ3) is 5.45. The van der Waals surface area contributed by atoms with Gasteiger partial charge in [0.1, 0.15) is 35.8 Å². The van der Waals surface area contributed by atoms with E-state index in [9.17, 15) is 13.0 Å². The zero-order valence-corrected chi connectivity index (χ0v) is 20.7. The third-order valence-electron chi connectivity index (χ3n) is 5.86. The van der Waals surface area contributed by atoms with Gasteiger partial charge in [0.25, 0.3) is 6.01 Å². The van der Waals surface area contributed by atoms with Crippen LogP contribution in [0.4, 0.5) is 14.6 Å². The molecule has 5 rings (SSSR count). The van der Waals surface area contributed by atoms with Crippen molar-refractivity contribution in [3.05, 3.63) is 46.5 Å². The molecule has 36 heavy (non-hydrogen) atoms. The molecule has 4 heterocycles. The Bertz CT molecular complexity index is 1250. The highest BCUT2D eigenvalue weighted by Gasteiger charge is 2.49. The summed E-state index contributed by atoms with van der Waals surface area (Å²) in [4.78, 5) is 11.7. The smallest absolute Gasteiger partial charge is 0.296 e. The van der Waals surface area contributed by atoms with Crippen LogP contribution in [0.15, 0.2) is 24.3 Å². The Morgan fingerprint density at radius 3 is 2.67 bits per heavy atom. The lowest BCUT2D eigenvalue weighted by molar-refractivity contribution is -0.0335. The number of H-pyrrole nitrogens is 1. The first kappa shape index (κ1) is 25.2. The number of benzene rings is 1. The number of aromatic nitrogens is 3. The van der Waals surface area contributed by atoms with Gasteiger partial charge in [0.05, 0.1) is 41.3 Å². The highest BCUT2D eigenvalue weighted by Crippen LogP contribution is 2.32. The van der Waals surface area contributed by atoms with Crippen molar-refractivity contribution in [2.45, 2.75) is 31.0 Å². The first-order chi connectivity index (χ1) is 17.4. The van der Waals surface area contributed by atoms with Crippen molar-refractivity contribution >= 4 is 39.6 Å². The van der Waals surface area contributed by atoms with Crippen LogP contribution in [0.3, 0.4) is 0 Å². The predicted molar refractivity (Wildman–Crippen MR) is 128 cm³/mol. The molecule has 0 saturated carbocycles. The van der Waals surface area contributed by atoms with Crippen LogP contribution in [0, 0.1) is 11.6 Å². The van der Waals surface area contributed by atoms with Gasteiger partial charge >= 0.3 is 0 Å². The standard InChI is InChI=1S/C22H24ClF2N5O5S/c1-36(31)27-5-6-32-16-9-33-19-17(10-34-18(16)19)35-22-28-15-7-12(23)20(29-21(15)30-22)26-8-11-13(24)3-2-4-14(11)25/h2-4,7,16-19,27H,5-6,8-10H2,1H3,(H2,26,28,29,30)/t16-,17-,18-,19-,36?/m1/s1. The molecule has 0 amide bonds. The minimum absolute atomic E-state index is 0.118. The van der Waals surface area contributed by atoms with Crippen molar-refractivity contribution in [1.29, 1.82) is 0 Å². The van der Waals surface area contributed by atoms with E-state index < -0.39 is 28.7 Å². The van der Waals surface area contributed by atoms with E-state index in [4.69, 9.17) is 30.5 Å². The van der Waals surface area contributed by atoms with Crippen molar-refractivity contribution in [2.24, 2.45) is 0 Å². The number of rotatable bonds is 10. The molecule has 2 aliphatic heterocycles. The van der Waals surface area contributed by atoms with E-state index >= 15 is 0 Å². The number of hydrogen-bond acceptors (Lipinski definition) is 8. The fraction of sp³-hybridized carbons (Fsp3) is 0.455. The maximum atomic E-state index is 13.9. The average molecular weight is 544 g/mol. The van der Waals surface area contributed by atoms with Crippen molar-refractivity contribution in [3.63, 3.8) is 0 Å². The molecule has 2 aromatic heterocycles. The summed E-state index contributed by atoms with van der Waals surface area (Å²) in [6, 6.07) is 5.48. The average Bonchev–Trinajstić information content (AvgIpc) is 3.52. The summed E-state index contributed by atoms with van der Waals surface area (Å²) in [5, 5.41) is 3.10. The number of anilines is 1. The third-order valence-corrected chi connectivity index (χ3v) is 6.76. The second-order valence-corrected chi connectivity index (χ2v) is 9.90. The highest BCUT2D eigenvalue weighted by atomic mass is 35.5. The quantitative estimate of drug-likeness (QED) is 0.333. The number of ether oxygens (including phenoxy) is 4. The van der Waals surface area contributed by atoms with Crippen LogP contribution < -0.4 is 14.8 Å². The Hall–Kier alpha value is -2.42. The molecule has 0 radical (unpaired) electrons. The van der Waals surface area contributed by atoms with Gasteiger partial charge in [0, 0.05) is 24.9 Å². The van der Waals surface area contributed by atoms with E-state index in [1.165, 1.54) is 18.2 Å². The lowest BCUT2D eigenvalue weighted by Gasteiger charge is -2.17. The van der Waals surface area contributed by atoms with E-state index in [2.05, 4.69) is 25.0 Å². The number of nitrogens with zero attached hydrogens (tertiary/aromatic N) is 2. The summed E-state index contributed by atoms with van der Waals surface area (Å²) in [7, 11) is -1.09. The molecule has 2 fully saturated rings. The second kappa shape index (κ2) is 10.9. The lowest BCUT2D eigenvalue weighted by Crippen LogP contribution is -2.36. The first-order valence-corrected chi connectivity index (χ1v) is 13.1. The van der Waals surface area contributed by atoms with E-state index in [-0.39, 0.29) is 47.3 Å². The van der Waals surface area contributed by atoms with E-state index in [0.717, 1.165) is 0 Å². The number of pyridine rings is 1. The monoisotopic (exact) mass is 543 g/mol. The molecule has 2 saturated heterocycles. The number of nitrogens with one attached hydrogen (secondary N) is 3. The maximum Gasteiger partial charge on any atom is 0.296 e. The predicted octanol–water partition coefficient (Wildman–Crippen LogP) is 2.31. The van der Waals surface area contributed by atoms with E-state index in [1.807, 2.05) is 0 Å². The van der Waals surface area contributed by atoms with Gasteiger partial charge in [0.2, 0.25) is 0 Å². The van der Waals surface area contributed by atoms with Crippen molar-refractivity contribution in [2.75, 3.05) is 37.9 Å². The van der Waals surface area contributed by atoms with Crippen molar-refractivity contribution < 1.29 is 31.9 Å². The van der Waals surface area contributed by atoms with E-state index in [1.54, 1.807) is 12.3 Å². The molecular weight excluding hydrogens is 520 g/mol. The van der Waals surface area contributed by atoms with Crippen LogP contribution >= 0.6 is 11.6 Å². The minimum Gasteiger partial charge on any atom is -0.456 e. The lowest BCUT2D eigenvalue weighted by atomic mass is 10.1. The van der Waals surface area contributed by atoms with Crippen LogP contribution in [0.2, 0.25) is 5.02 Å². The van der Waals surface area contributed by atoms with Gasteiger partial charge in [-0.05, 0) is 18.2 Å². The second-order valence-electron chi connectivity index (χ2n) is 8.30. The summed E-state index contributed by atoms with van der Waals surface area (Å²) >= 11 is 6.31. The molecular formula is C22H24ClF2N5O5S. The van der Waals surface area contributed by atoms with Crippen LogP contribution in [-0.2, 0) is 31.7 Å². The molecule has 194 valence electrons. The molecule has 10 nitrogen and oxygen atoms in total. The SMILES string of the molecule is CS(=O)NCCO[C@@H]1CO[C@H]2[C@@H]1OC[C@H]2Oc1nc2nc(NCc3c(F)cccc3F)c(Cl)cc2[nH]1. The molecule has 0 aliphatic carbocycles. The number of imidazole rings is 1. The Kier molecular flexibility index (Phi) is 7.65. The fourth-order valence-electron chi connectivity index (χ4n) is 4.16. The maximum absolute atomic E-state index is 13.9. The van der Waals surface area contributed by atoms with Crippen LogP contribution in [0.5, 0.6) is 6.01 Å². The number of fused-ring (bicyclic) bond motifs is 2. The molecule has 0 bridgehead atoms. The summed E-state index contributed by atoms with van der Waals surface area (Å²) in [6.07, 6.45) is 0.277. The molecule has 2 aliphatic rings. The molecule has 3 N–H and O–H groups in total. The van der Waals surface area contributed by atoms with Gasteiger partial charge in [-0.15, -0.1) is 0 Å². The van der Waals surface area contributed by atoms with Crippen LogP contribution in [0.25, 0.3) is 11.2 Å². The van der Waals surface area contributed by atoms with Crippen LogP contribution in [-0.4, -0.2) is 76.2 Å². The fourth-order valence-corrected chi connectivity index (χ4v) is 4.75. The summed E-state index contributed by atoms with van der Waals surface area (Å²) in [5.74, 6) is -1.10. The van der Waals surface area contributed by atoms with Gasteiger partial charge in [-0.1, -0.05) is 17.7 Å². The Morgan fingerprint density at radius 2 is 1.92 bits per heavy atom. The Morgan fingerprint density at radius 1 is 1.19 bits per heavy atom.